The first kappa shape index (κ1) is 17.7. The van der Waals surface area contributed by atoms with Crippen LogP contribution in [0.25, 0.3) is 0 Å². The van der Waals surface area contributed by atoms with Crippen molar-refractivity contribution in [3.05, 3.63) is 35.9 Å². The maximum Gasteiger partial charge on any atom is 0.326 e. The molecule has 120 valence electrons. The summed E-state index contributed by atoms with van der Waals surface area (Å²) in [5.41, 5.74) is 0.794. The van der Waals surface area contributed by atoms with E-state index in [0.717, 1.165) is 5.56 Å². The average Bonchev–Trinajstić information content (AvgIpc) is 2.47. The number of aliphatic carboxylic acids is 1. The van der Waals surface area contributed by atoms with Crippen molar-refractivity contribution in [2.45, 2.75) is 32.7 Å². The molecule has 0 saturated heterocycles. The van der Waals surface area contributed by atoms with Gasteiger partial charge in [0.15, 0.2) is 0 Å². The maximum absolute atomic E-state index is 11.9. The van der Waals surface area contributed by atoms with E-state index in [9.17, 15) is 19.5 Å². The van der Waals surface area contributed by atoms with Gasteiger partial charge < -0.3 is 15.2 Å². The molecule has 2 N–H and O–H groups in total. The highest BCUT2D eigenvalue weighted by Crippen LogP contribution is 2.09. The van der Waals surface area contributed by atoms with Crippen molar-refractivity contribution in [1.29, 1.82) is 0 Å². The summed E-state index contributed by atoms with van der Waals surface area (Å²) in [6.07, 6.45) is 0.0904. The minimum absolute atomic E-state index is 0.00526. The van der Waals surface area contributed by atoms with Crippen LogP contribution in [0.1, 0.15) is 25.8 Å². The first-order valence-corrected chi connectivity index (χ1v) is 7.16. The van der Waals surface area contributed by atoms with Gasteiger partial charge in [0.25, 0.3) is 0 Å². The number of benzene rings is 1. The topological polar surface area (TPSA) is 92.7 Å². The van der Waals surface area contributed by atoms with Crippen LogP contribution < -0.4 is 5.32 Å². The van der Waals surface area contributed by atoms with Crippen LogP contribution in [0, 0.1) is 5.92 Å². The zero-order chi connectivity index (χ0) is 16.5. The summed E-state index contributed by atoms with van der Waals surface area (Å²) in [7, 11) is 0. The molecule has 0 aliphatic rings. The van der Waals surface area contributed by atoms with Crippen LogP contribution in [-0.4, -0.2) is 35.6 Å². The summed E-state index contributed by atoms with van der Waals surface area (Å²) in [5, 5.41) is 11.6. The zero-order valence-corrected chi connectivity index (χ0v) is 12.7. The number of hydrogen-bond acceptors (Lipinski definition) is 4. The third kappa shape index (κ3) is 5.95. The van der Waals surface area contributed by atoms with Gasteiger partial charge in [0.05, 0.1) is 18.9 Å². The van der Waals surface area contributed by atoms with E-state index in [1.165, 1.54) is 0 Å². The van der Waals surface area contributed by atoms with Crippen LogP contribution in [0.15, 0.2) is 30.3 Å². The second-order valence-corrected chi connectivity index (χ2v) is 5.01. The van der Waals surface area contributed by atoms with Gasteiger partial charge >= 0.3 is 11.9 Å². The largest absolute Gasteiger partial charge is 0.480 e. The Bertz CT molecular complexity index is 515. The molecule has 0 aliphatic heterocycles. The summed E-state index contributed by atoms with van der Waals surface area (Å²) in [5.74, 6) is -2.63. The van der Waals surface area contributed by atoms with Crippen LogP contribution >= 0.6 is 0 Å². The van der Waals surface area contributed by atoms with Crippen LogP contribution in [0.3, 0.4) is 0 Å². The van der Waals surface area contributed by atoms with Crippen molar-refractivity contribution < 1.29 is 24.2 Å². The van der Waals surface area contributed by atoms with E-state index < -0.39 is 29.8 Å². The molecule has 2 atom stereocenters. The molecule has 0 spiro atoms. The molecule has 6 nitrogen and oxygen atoms in total. The quantitative estimate of drug-likeness (QED) is 0.708. The van der Waals surface area contributed by atoms with Gasteiger partial charge in [-0.05, 0) is 18.9 Å². The number of esters is 1. The molecule has 1 aromatic carbocycles. The fourth-order valence-corrected chi connectivity index (χ4v) is 1.98. The van der Waals surface area contributed by atoms with E-state index in [-0.39, 0.29) is 19.4 Å². The van der Waals surface area contributed by atoms with Crippen molar-refractivity contribution in [2.24, 2.45) is 5.92 Å². The number of ether oxygens (including phenoxy) is 1. The van der Waals surface area contributed by atoms with Crippen LogP contribution in [0.4, 0.5) is 0 Å². The minimum Gasteiger partial charge on any atom is -0.480 e. The van der Waals surface area contributed by atoms with E-state index in [4.69, 9.17) is 4.74 Å². The van der Waals surface area contributed by atoms with E-state index in [1.54, 1.807) is 38.1 Å². The van der Waals surface area contributed by atoms with Crippen molar-refractivity contribution in [3.8, 4) is 0 Å². The third-order valence-corrected chi connectivity index (χ3v) is 3.12. The molecule has 0 fully saturated rings. The number of carbonyl (C=O) groups excluding carboxylic acids is 2. The monoisotopic (exact) mass is 307 g/mol. The number of carboxylic acid groups (broad SMARTS) is 1. The minimum atomic E-state index is -1.17. The van der Waals surface area contributed by atoms with Crippen molar-refractivity contribution in [2.75, 3.05) is 6.61 Å². The van der Waals surface area contributed by atoms with Crippen LogP contribution in [0.5, 0.6) is 0 Å². The Balaban J connectivity index is 2.58. The van der Waals surface area contributed by atoms with E-state index in [1.807, 2.05) is 6.07 Å². The molecule has 0 heterocycles. The lowest BCUT2D eigenvalue weighted by atomic mass is 10.0. The first-order valence-electron chi connectivity index (χ1n) is 7.16. The molecule has 0 radical (unpaired) electrons. The smallest absolute Gasteiger partial charge is 0.326 e. The fraction of sp³-hybridized carbons (Fsp3) is 0.438. The lowest BCUT2D eigenvalue weighted by Gasteiger charge is -2.18. The highest BCUT2D eigenvalue weighted by molar-refractivity contribution is 5.85. The van der Waals surface area contributed by atoms with Crippen molar-refractivity contribution >= 4 is 17.8 Å². The second kappa shape index (κ2) is 8.81. The Labute approximate surface area is 129 Å². The average molecular weight is 307 g/mol. The summed E-state index contributed by atoms with van der Waals surface area (Å²) >= 11 is 0. The normalized spacial score (nSPS) is 13.0. The molecule has 0 aliphatic carbocycles. The fourth-order valence-electron chi connectivity index (χ4n) is 1.98. The summed E-state index contributed by atoms with van der Waals surface area (Å²) < 4.78 is 4.84. The Kier molecular flexibility index (Phi) is 7.08. The highest BCUT2D eigenvalue weighted by Gasteiger charge is 2.26. The Hall–Kier alpha value is -2.37. The summed E-state index contributed by atoms with van der Waals surface area (Å²) in [6, 6.07) is 7.91. The van der Waals surface area contributed by atoms with Crippen molar-refractivity contribution in [3.63, 3.8) is 0 Å². The number of hydrogen-bond donors (Lipinski definition) is 2. The number of rotatable bonds is 8. The summed E-state index contributed by atoms with van der Waals surface area (Å²) in [6.45, 7) is 3.50. The Morgan fingerprint density at radius 3 is 2.41 bits per heavy atom. The molecular weight excluding hydrogens is 286 g/mol. The van der Waals surface area contributed by atoms with Gasteiger partial charge in [-0.15, -0.1) is 0 Å². The Morgan fingerprint density at radius 2 is 1.86 bits per heavy atom. The predicted octanol–water partition coefficient (Wildman–Crippen LogP) is 1.39. The first-order chi connectivity index (χ1) is 10.4. The molecule has 1 aromatic rings. The maximum atomic E-state index is 11.9. The zero-order valence-electron chi connectivity index (χ0n) is 12.7. The number of carboxylic acids is 1. The number of nitrogens with one attached hydrogen (secondary N) is 1. The van der Waals surface area contributed by atoms with Crippen molar-refractivity contribution in [1.82, 2.24) is 5.32 Å². The van der Waals surface area contributed by atoms with Gasteiger partial charge in [0.2, 0.25) is 5.91 Å². The van der Waals surface area contributed by atoms with E-state index in [2.05, 4.69) is 5.32 Å². The SMILES string of the molecule is CCOC(=O)[C@H](C)C[C@@H](NC(=O)Cc1ccccc1)C(=O)O. The molecule has 6 heteroatoms. The lowest BCUT2D eigenvalue weighted by Crippen LogP contribution is -2.43. The van der Waals surface area contributed by atoms with E-state index >= 15 is 0 Å². The van der Waals surface area contributed by atoms with Crippen LogP contribution in [-0.2, 0) is 25.5 Å². The van der Waals surface area contributed by atoms with Gasteiger partial charge in [-0.25, -0.2) is 4.79 Å². The van der Waals surface area contributed by atoms with Gasteiger partial charge in [-0.3, -0.25) is 9.59 Å². The molecule has 0 unspecified atom stereocenters. The lowest BCUT2D eigenvalue weighted by molar-refractivity contribution is -0.149. The molecule has 0 saturated carbocycles. The third-order valence-electron chi connectivity index (χ3n) is 3.12. The molecule has 1 amide bonds. The molecule has 1 rings (SSSR count). The van der Waals surface area contributed by atoms with Gasteiger partial charge in [0.1, 0.15) is 6.04 Å². The van der Waals surface area contributed by atoms with Gasteiger partial charge in [-0.1, -0.05) is 37.3 Å². The Morgan fingerprint density at radius 1 is 1.23 bits per heavy atom. The molecule has 22 heavy (non-hydrogen) atoms. The van der Waals surface area contributed by atoms with Gasteiger partial charge in [-0.2, -0.15) is 0 Å². The van der Waals surface area contributed by atoms with Gasteiger partial charge in [0, 0.05) is 0 Å². The standard InChI is InChI=1S/C16H21NO5/c1-3-22-16(21)11(2)9-13(15(19)20)17-14(18)10-12-7-5-4-6-8-12/h4-8,11,13H,3,9-10H2,1-2H3,(H,17,18)(H,19,20)/t11-,13-/m1/s1. The molecule has 0 bridgehead atoms. The van der Waals surface area contributed by atoms with Crippen LogP contribution in [0.2, 0.25) is 0 Å². The number of carbonyl (C=O) groups is 3. The predicted molar refractivity (Wildman–Crippen MR) is 80.1 cm³/mol. The van der Waals surface area contributed by atoms with E-state index in [0.29, 0.717) is 0 Å². The second-order valence-electron chi connectivity index (χ2n) is 5.01. The number of amides is 1. The highest BCUT2D eigenvalue weighted by atomic mass is 16.5. The molecule has 0 aromatic heterocycles. The molecular formula is C16H21NO5. The summed E-state index contributed by atoms with van der Waals surface area (Å²) in [4.78, 5) is 34.7.